The van der Waals surface area contributed by atoms with Gasteiger partial charge in [0.15, 0.2) is 5.65 Å². The number of hydrogen-bond donors (Lipinski definition) is 1. The van der Waals surface area contributed by atoms with Crippen molar-refractivity contribution < 1.29 is 8.42 Å². The number of aryl methyl sites for hydroxylation is 1. The number of benzene rings is 2. The molecule has 0 aliphatic rings. The summed E-state index contributed by atoms with van der Waals surface area (Å²) in [7, 11) is -3.61. The molecule has 0 radical (unpaired) electrons. The summed E-state index contributed by atoms with van der Waals surface area (Å²) in [6.45, 7) is 8.40. The zero-order valence-corrected chi connectivity index (χ0v) is 22.9. The Labute approximate surface area is 220 Å². The van der Waals surface area contributed by atoms with Gasteiger partial charge in [0, 0.05) is 46.1 Å². The maximum Gasteiger partial charge on any atom is 0.276 e. The number of rotatable bonds is 8. The van der Waals surface area contributed by atoms with Crippen LogP contribution in [0.3, 0.4) is 0 Å². The lowest BCUT2D eigenvalue weighted by Crippen LogP contribution is -2.32. The molecule has 2 heterocycles. The van der Waals surface area contributed by atoms with Crippen molar-refractivity contribution in [3.05, 3.63) is 74.1 Å². The number of aromatic nitrogens is 3. The smallest absolute Gasteiger partial charge is 0.276 e. The number of H-pyrrole nitrogens is 1. The molecule has 2 aromatic heterocycles. The normalized spacial score (nSPS) is 12.1. The summed E-state index contributed by atoms with van der Waals surface area (Å²) in [4.78, 5) is 18.3. The highest BCUT2D eigenvalue weighted by Crippen LogP contribution is 2.35. The molecular formula is C26H28Cl2N4O3S. The number of fused-ring (bicyclic) bond motifs is 1. The second kappa shape index (κ2) is 10.4. The minimum Gasteiger partial charge on any atom is -0.293 e. The number of nitrogens with one attached hydrogen (secondary N) is 1. The number of aromatic amines is 1. The quantitative estimate of drug-likeness (QED) is 0.289. The molecule has 0 atom stereocenters. The molecule has 7 nitrogen and oxygen atoms in total. The molecule has 1 N–H and O–H groups in total. The lowest BCUT2D eigenvalue weighted by Gasteiger charge is -2.21. The van der Waals surface area contributed by atoms with Crippen molar-refractivity contribution in [1.82, 2.24) is 18.9 Å². The molecular weight excluding hydrogens is 519 g/mol. The van der Waals surface area contributed by atoms with Crippen LogP contribution in [0.5, 0.6) is 0 Å². The number of sulfonamides is 1. The first-order valence-electron chi connectivity index (χ1n) is 11.8. The molecule has 4 rings (SSSR count). The summed E-state index contributed by atoms with van der Waals surface area (Å²) >= 11 is 12.6. The Morgan fingerprint density at radius 3 is 2.22 bits per heavy atom. The zero-order chi connectivity index (χ0) is 26.2. The summed E-state index contributed by atoms with van der Waals surface area (Å²) in [5, 5.41) is 4.04. The highest BCUT2D eigenvalue weighted by molar-refractivity contribution is 7.89. The van der Waals surface area contributed by atoms with Crippen LogP contribution in [0.1, 0.15) is 37.9 Å². The van der Waals surface area contributed by atoms with Gasteiger partial charge in [-0.1, -0.05) is 55.2 Å². The van der Waals surface area contributed by atoms with Crippen molar-refractivity contribution in [3.8, 4) is 22.4 Å². The molecule has 0 bridgehead atoms. The summed E-state index contributed by atoms with van der Waals surface area (Å²) < 4.78 is 29.2. The molecule has 0 fully saturated rings. The van der Waals surface area contributed by atoms with E-state index in [1.807, 2.05) is 20.8 Å². The van der Waals surface area contributed by atoms with Crippen molar-refractivity contribution in [2.24, 2.45) is 0 Å². The average Bonchev–Trinajstić information content (AvgIpc) is 3.17. The van der Waals surface area contributed by atoms with Gasteiger partial charge >= 0.3 is 0 Å². The van der Waals surface area contributed by atoms with E-state index >= 15 is 0 Å². The molecule has 0 aliphatic carbocycles. The minimum atomic E-state index is -3.61. The van der Waals surface area contributed by atoms with Gasteiger partial charge < -0.3 is 0 Å². The van der Waals surface area contributed by atoms with Crippen molar-refractivity contribution in [1.29, 1.82) is 0 Å². The third-order valence-electron chi connectivity index (χ3n) is 6.10. The van der Waals surface area contributed by atoms with Crippen LogP contribution < -0.4 is 5.56 Å². The fraction of sp³-hybridized carbons (Fsp3) is 0.308. The van der Waals surface area contributed by atoms with Crippen LogP contribution in [0.2, 0.25) is 10.0 Å². The Kier molecular flexibility index (Phi) is 7.61. The van der Waals surface area contributed by atoms with E-state index in [-0.39, 0.29) is 10.5 Å². The Bertz CT molecular complexity index is 1590. The van der Waals surface area contributed by atoms with Gasteiger partial charge in [-0.3, -0.25) is 9.89 Å². The third-order valence-corrected chi connectivity index (χ3v) is 8.56. The van der Waals surface area contributed by atoms with Crippen LogP contribution in [0.4, 0.5) is 0 Å². The number of halogens is 2. The molecule has 0 saturated carbocycles. The molecule has 36 heavy (non-hydrogen) atoms. The van der Waals surface area contributed by atoms with E-state index in [9.17, 15) is 13.2 Å². The third kappa shape index (κ3) is 4.70. The molecule has 10 heteroatoms. The predicted molar refractivity (Wildman–Crippen MR) is 146 cm³/mol. The molecule has 190 valence electrons. The second-order valence-corrected chi connectivity index (χ2v) is 11.5. The Morgan fingerprint density at radius 2 is 1.64 bits per heavy atom. The van der Waals surface area contributed by atoms with E-state index in [1.165, 1.54) is 8.82 Å². The second-order valence-electron chi connectivity index (χ2n) is 8.71. The molecule has 4 aromatic rings. The number of hydrogen-bond acceptors (Lipinski definition) is 4. The predicted octanol–water partition coefficient (Wildman–Crippen LogP) is 6.09. The molecule has 0 spiro atoms. The van der Waals surface area contributed by atoms with Crippen LogP contribution in [0.25, 0.3) is 28.0 Å². The van der Waals surface area contributed by atoms with Crippen LogP contribution in [-0.4, -0.2) is 40.4 Å². The Hall–Kier alpha value is -2.65. The maximum absolute atomic E-state index is 13.3. The van der Waals surface area contributed by atoms with Gasteiger partial charge in [0.25, 0.3) is 5.56 Å². The monoisotopic (exact) mass is 546 g/mol. The first-order valence-corrected chi connectivity index (χ1v) is 14.0. The highest BCUT2D eigenvalue weighted by atomic mass is 35.5. The zero-order valence-electron chi connectivity index (χ0n) is 20.6. The topological polar surface area (TPSA) is 87.5 Å². The minimum absolute atomic E-state index is 0.217. The van der Waals surface area contributed by atoms with Gasteiger partial charge in [0.2, 0.25) is 10.0 Å². The van der Waals surface area contributed by atoms with Crippen LogP contribution >= 0.6 is 23.2 Å². The van der Waals surface area contributed by atoms with Crippen LogP contribution in [-0.2, 0) is 10.0 Å². The lowest BCUT2D eigenvalue weighted by molar-refractivity contribution is 0.410. The van der Waals surface area contributed by atoms with Crippen LogP contribution in [0, 0.1) is 13.8 Å². The van der Waals surface area contributed by atoms with Gasteiger partial charge in [-0.05, 0) is 51.0 Å². The van der Waals surface area contributed by atoms with E-state index in [1.54, 1.807) is 49.4 Å². The largest absolute Gasteiger partial charge is 0.293 e. The molecule has 0 saturated heterocycles. The van der Waals surface area contributed by atoms with E-state index in [4.69, 9.17) is 28.2 Å². The van der Waals surface area contributed by atoms with Gasteiger partial charge in [-0.15, -0.1) is 0 Å². The average molecular weight is 548 g/mol. The Morgan fingerprint density at radius 1 is 1.00 bits per heavy atom. The van der Waals surface area contributed by atoms with Crippen molar-refractivity contribution in [3.63, 3.8) is 0 Å². The maximum atomic E-state index is 13.3. The molecule has 0 aliphatic heterocycles. The SMILES string of the molecule is CCCN(CCC)S(=O)(=O)c1ccc(-c2nc3c(-c4ccc(Cl)cc4Cl)c(C)[nH]n3c(=O)c2C)cc1. The fourth-order valence-electron chi connectivity index (χ4n) is 4.35. The lowest BCUT2D eigenvalue weighted by atomic mass is 10.0. The van der Waals surface area contributed by atoms with Gasteiger partial charge in [0.05, 0.1) is 15.6 Å². The molecule has 0 amide bonds. The summed E-state index contributed by atoms with van der Waals surface area (Å²) in [5.41, 5.74) is 3.88. The van der Waals surface area contributed by atoms with E-state index in [0.29, 0.717) is 56.7 Å². The Balaban J connectivity index is 1.84. The van der Waals surface area contributed by atoms with Gasteiger partial charge in [-0.25, -0.2) is 17.9 Å². The van der Waals surface area contributed by atoms with E-state index < -0.39 is 10.0 Å². The van der Waals surface area contributed by atoms with E-state index in [0.717, 1.165) is 18.5 Å². The van der Waals surface area contributed by atoms with E-state index in [2.05, 4.69) is 5.10 Å². The standard InChI is InChI=1S/C26H28Cl2N4O3S/c1-5-13-31(14-6-2)36(34,35)20-10-7-18(8-11-20)24-16(3)26(33)32-25(29-24)23(17(4)30-32)21-12-9-19(27)15-22(21)28/h7-12,15,30H,5-6,13-14H2,1-4H3. The number of nitrogens with zero attached hydrogens (tertiary/aromatic N) is 3. The molecule has 2 aromatic carbocycles. The summed E-state index contributed by atoms with van der Waals surface area (Å²) in [6, 6.07) is 11.7. The highest BCUT2D eigenvalue weighted by Gasteiger charge is 2.24. The van der Waals surface area contributed by atoms with Crippen molar-refractivity contribution in [2.45, 2.75) is 45.4 Å². The summed E-state index contributed by atoms with van der Waals surface area (Å²) in [6.07, 6.45) is 1.47. The first-order chi connectivity index (χ1) is 17.1. The fourth-order valence-corrected chi connectivity index (χ4v) is 6.48. The van der Waals surface area contributed by atoms with Crippen LogP contribution in [0.15, 0.2) is 52.2 Å². The molecule has 0 unspecified atom stereocenters. The van der Waals surface area contributed by atoms with Gasteiger partial charge in [0.1, 0.15) is 0 Å². The van der Waals surface area contributed by atoms with Crippen molar-refractivity contribution in [2.75, 3.05) is 13.1 Å². The first kappa shape index (κ1) is 26.4. The van der Waals surface area contributed by atoms with Crippen molar-refractivity contribution >= 4 is 38.9 Å². The van der Waals surface area contributed by atoms with Gasteiger partial charge in [-0.2, -0.15) is 4.31 Å². The summed E-state index contributed by atoms with van der Waals surface area (Å²) in [5.74, 6) is 0.